The number of pyridine rings is 1. The molecule has 0 radical (unpaired) electrons. The fourth-order valence-electron chi connectivity index (χ4n) is 1.47. The topological polar surface area (TPSA) is 84.7 Å². The Morgan fingerprint density at radius 3 is 2.69 bits per heavy atom. The minimum absolute atomic E-state index is 0.176. The smallest absolute Gasteiger partial charge is 0.252 e. The molecule has 0 bridgehead atoms. The van der Waals surface area contributed by atoms with Crippen molar-refractivity contribution in [2.24, 2.45) is 5.73 Å². The van der Waals surface area contributed by atoms with Crippen molar-refractivity contribution in [2.75, 3.05) is 0 Å². The third-order valence-corrected chi connectivity index (χ3v) is 2.35. The fourth-order valence-corrected chi connectivity index (χ4v) is 1.47. The van der Waals surface area contributed by atoms with Gasteiger partial charge in [0.05, 0.1) is 11.4 Å². The second-order valence-electron chi connectivity index (χ2n) is 3.42. The summed E-state index contributed by atoms with van der Waals surface area (Å²) in [6, 6.07) is 3.50. The van der Waals surface area contributed by atoms with Crippen molar-refractivity contribution in [3.63, 3.8) is 0 Å². The molecule has 0 unspecified atom stereocenters. The van der Waals surface area contributed by atoms with Gasteiger partial charge in [0.2, 0.25) is 0 Å². The first-order valence-electron chi connectivity index (χ1n) is 4.92. The Bertz CT molecular complexity index is 562. The van der Waals surface area contributed by atoms with Gasteiger partial charge in [0.25, 0.3) is 5.56 Å². The van der Waals surface area contributed by atoms with Crippen molar-refractivity contribution in [1.29, 1.82) is 0 Å². The van der Waals surface area contributed by atoms with Crippen LogP contribution in [0.1, 0.15) is 11.3 Å². The maximum atomic E-state index is 11.6. The number of nitrogens with two attached hydrogens (primary N) is 1. The summed E-state index contributed by atoms with van der Waals surface area (Å²) in [6.07, 6.45) is 3.21. The maximum absolute atomic E-state index is 11.6. The standard InChI is InChI=1S/C11H12N4O/c1-7-10(14-5-4-13-7)9-3-2-8(6-12)11(16)15-9/h2-5H,6,12H2,1H3,(H,15,16). The van der Waals surface area contributed by atoms with E-state index in [2.05, 4.69) is 15.0 Å². The van der Waals surface area contributed by atoms with Crippen molar-refractivity contribution in [3.05, 3.63) is 46.1 Å². The van der Waals surface area contributed by atoms with Crippen molar-refractivity contribution in [1.82, 2.24) is 15.0 Å². The molecule has 0 aliphatic carbocycles. The van der Waals surface area contributed by atoms with Gasteiger partial charge in [0.15, 0.2) is 0 Å². The lowest BCUT2D eigenvalue weighted by atomic mass is 10.2. The molecule has 3 N–H and O–H groups in total. The highest BCUT2D eigenvalue weighted by atomic mass is 16.1. The van der Waals surface area contributed by atoms with E-state index in [4.69, 9.17) is 5.73 Å². The lowest BCUT2D eigenvalue weighted by molar-refractivity contribution is 1.01. The molecule has 82 valence electrons. The van der Waals surface area contributed by atoms with Crippen LogP contribution in [0.15, 0.2) is 29.3 Å². The van der Waals surface area contributed by atoms with E-state index in [1.807, 2.05) is 6.92 Å². The Labute approximate surface area is 92.4 Å². The van der Waals surface area contributed by atoms with E-state index in [0.717, 1.165) is 5.69 Å². The quantitative estimate of drug-likeness (QED) is 0.769. The van der Waals surface area contributed by atoms with Crippen LogP contribution in [-0.2, 0) is 6.54 Å². The number of H-pyrrole nitrogens is 1. The monoisotopic (exact) mass is 216 g/mol. The van der Waals surface area contributed by atoms with Gasteiger partial charge in [-0.05, 0) is 13.0 Å². The number of nitrogens with one attached hydrogen (secondary N) is 1. The lowest BCUT2D eigenvalue weighted by Gasteiger charge is -2.04. The first-order chi connectivity index (χ1) is 7.72. The molecule has 0 saturated carbocycles. The van der Waals surface area contributed by atoms with Gasteiger partial charge in [0.1, 0.15) is 5.69 Å². The largest absolute Gasteiger partial charge is 0.326 e. The van der Waals surface area contributed by atoms with Crippen LogP contribution < -0.4 is 11.3 Å². The molecular formula is C11H12N4O. The Kier molecular flexibility index (Phi) is 2.78. The molecule has 2 aromatic heterocycles. The van der Waals surface area contributed by atoms with Gasteiger partial charge in [-0.3, -0.25) is 14.8 Å². The summed E-state index contributed by atoms with van der Waals surface area (Å²) in [5.74, 6) is 0. The highest BCUT2D eigenvalue weighted by molar-refractivity contribution is 5.56. The van der Waals surface area contributed by atoms with E-state index in [-0.39, 0.29) is 12.1 Å². The summed E-state index contributed by atoms with van der Waals surface area (Å²) >= 11 is 0. The third kappa shape index (κ3) is 1.85. The van der Waals surface area contributed by atoms with Gasteiger partial charge < -0.3 is 10.7 Å². The Morgan fingerprint density at radius 1 is 1.31 bits per heavy atom. The SMILES string of the molecule is Cc1nccnc1-c1ccc(CN)c(=O)[nH]1. The minimum Gasteiger partial charge on any atom is -0.326 e. The van der Waals surface area contributed by atoms with Crippen molar-refractivity contribution in [2.45, 2.75) is 13.5 Å². The van der Waals surface area contributed by atoms with E-state index in [0.29, 0.717) is 17.0 Å². The minimum atomic E-state index is -0.176. The third-order valence-electron chi connectivity index (χ3n) is 2.35. The van der Waals surface area contributed by atoms with Gasteiger partial charge in [-0.2, -0.15) is 0 Å². The summed E-state index contributed by atoms with van der Waals surface area (Å²) < 4.78 is 0. The van der Waals surface area contributed by atoms with Crippen molar-refractivity contribution < 1.29 is 0 Å². The Morgan fingerprint density at radius 2 is 2.06 bits per heavy atom. The summed E-state index contributed by atoms with van der Waals surface area (Å²) in [6.45, 7) is 2.08. The van der Waals surface area contributed by atoms with Crippen LogP contribution in [0.25, 0.3) is 11.4 Å². The van der Waals surface area contributed by atoms with Crippen LogP contribution in [-0.4, -0.2) is 15.0 Å². The number of aryl methyl sites for hydroxylation is 1. The maximum Gasteiger partial charge on any atom is 0.252 e. The number of aromatic nitrogens is 3. The molecule has 5 heteroatoms. The first kappa shape index (κ1) is 10.5. The zero-order valence-corrected chi connectivity index (χ0v) is 8.90. The van der Waals surface area contributed by atoms with Gasteiger partial charge in [-0.15, -0.1) is 0 Å². The van der Waals surface area contributed by atoms with Crippen molar-refractivity contribution in [3.8, 4) is 11.4 Å². The van der Waals surface area contributed by atoms with E-state index >= 15 is 0 Å². The van der Waals surface area contributed by atoms with E-state index < -0.39 is 0 Å². The molecule has 2 rings (SSSR count). The summed E-state index contributed by atoms with van der Waals surface area (Å²) in [7, 11) is 0. The highest BCUT2D eigenvalue weighted by Gasteiger charge is 2.06. The molecule has 2 heterocycles. The molecule has 0 fully saturated rings. The van der Waals surface area contributed by atoms with Crippen LogP contribution >= 0.6 is 0 Å². The molecule has 0 atom stereocenters. The number of aromatic amines is 1. The molecule has 0 spiro atoms. The predicted octanol–water partition coefficient (Wildman–Crippen LogP) is 0.599. The zero-order valence-electron chi connectivity index (χ0n) is 8.90. The molecule has 0 aromatic carbocycles. The van der Waals surface area contributed by atoms with Crippen LogP contribution in [0.3, 0.4) is 0 Å². The number of nitrogens with zero attached hydrogens (tertiary/aromatic N) is 2. The average molecular weight is 216 g/mol. The van der Waals surface area contributed by atoms with E-state index in [1.165, 1.54) is 0 Å². The Hall–Kier alpha value is -2.01. The second kappa shape index (κ2) is 4.24. The Balaban J connectivity index is 2.54. The number of hydrogen-bond acceptors (Lipinski definition) is 4. The summed E-state index contributed by atoms with van der Waals surface area (Å²) in [5.41, 5.74) is 7.93. The molecule has 0 aliphatic heterocycles. The normalized spacial score (nSPS) is 10.4. The molecule has 0 saturated heterocycles. The molecule has 0 aliphatic rings. The highest BCUT2D eigenvalue weighted by Crippen LogP contribution is 2.14. The number of rotatable bonds is 2. The molecule has 5 nitrogen and oxygen atoms in total. The molecule has 2 aromatic rings. The lowest BCUT2D eigenvalue weighted by Crippen LogP contribution is -2.16. The van der Waals surface area contributed by atoms with Crippen LogP contribution in [0.2, 0.25) is 0 Å². The summed E-state index contributed by atoms with van der Waals surface area (Å²) in [5, 5.41) is 0. The second-order valence-corrected chi connectivity index (χ2v) is 3.42. The van der Waals surface area contributed by atoms with E-state index in [1.54, 1.807) is 24.5 Å². The van der Waals surface area contributed by atoms with Crippen LogP contribution in [0.4, 0.5) is 0 Å². The van der Waals surface area contributed by atoms with Gasteiger partial charge in [-0.25, -0.2) is 0 Å². The number of hydrogen-bond donors (Lipinski definition) is 2. The first-order valence-corrected chi connectivity index (χ1v) is 4.92. The molecule has 0 amide bonds. The van der Waals surface area contributed by atoms with Gasteiger partial charge in [-0.1, -0.05) is 6.07 Å². The van der Waals surface area contributed by atoms with Crippen LogP contribution in [0.5, 0.6) is 0 Å². The van der Waals surface area contributed by atoms with Gasteiger partial charge >= 0.3 is 0 Å². The van der Waals surface area contributed by atoms with Crippen molar-refractivity contribution >= 4 is 0 Å². The van der Waals surface area contributed by atoms with E-state index in [9.17, 15) is 4.79 Å². The van der Waals surface area contributed by atoms with Crippen LogP contribution in [0, 0.1) is 6.92 Å². The predicted molar refractivity (Wildman–Crippen MR) is 60.7 cm³/mol. The zero-order chi connectivity index (χ0) is 11.5. The fraction of sp³-hybridized carbons (Fsp3) is 0.182. The molecular weight excluding hydrogens is 204 g/mol. The average Bonchev–Trinajstić information content (AvgIpc) is 2.29. The summed E-state index contributed by atoms with van der Waals surface area (Å²) in [4.78, 5) is 22.6. The van der Waals surface area contributed by atoms with Gasteiger partial charge in [0, 0.05) is 24.5 Å². The molecule has 16 heavy (non-hydrogen) atoms.